The number of nitrogens with zero attached hydrogens (tertiary/aromatic N) is 1. The molecule has 0 aromatic carbocycles. The third kappa shape index (κ3) is 5.44. The van der Waals surface area contributed by atoms with Gasteiger partial charge in [-0.3, -0.25) is 9.59 Å². The van der Waals surface area contributed by atoms with E-state index >= 15 is 0 Å². The molecule has 0 unspecified atom stereocenters. The van der Waals surface area contributed by atoms with Crippen LogP contribution in [-0.4, -0.2) is 47.0 Å². The summed E-state index contributed by atoms with van der Waals surface area (Å²) in [5.41, 5.74) is 0. The highest BCUT2D eigenvalue weighted by molar-refractivity contribution is 7.98. The van der Waals surface area contributed by atoms with Crippen LogP contribution in [0.3, 0.4) is 0 Å². The maximum absolute atomic E-state index is 11.8. The lowest BCUT2D eigenvalue weighted by Gasteiger charge is -2.32. The summed E-state index contributed by atoms with van der Waals surface area (Å²) >= 11 is 1.68. The van der Waals surface area contributed by atoms with Gasteiger partial charge in [0, 0.05) is 31.7 Å². The van der Waals surface area contributed by atoms with Crippen molar-refractivity contribution in [1.29, 1.82) is 0 Å². The Bertz CT molecular complexity index is 270. The molecule has 1 N–H and O–H groups in total. The van der Waals surface area contributed by atoms with Gasteiger partial charge in [0.25, 0.3) is 0 Å². The monoisotopic (exact) mass is 259 g/mol. The van der Waals surface area contributed by atoms with Crippen molar-refractivity contribution < 1.29 is 14.7 Å². The summed E-state index contributed by atoms with van der Waals surface area (Å²) < 4.78 is 0. The molecule has 4 nitrogen and oxygen atoms in total. The van der Waals surface area contributed by atoms with Gasteiger partial charge in [0.15, 0.2) is 0 Å². The number of aliphatic carboxylic acids is 1. The number of hydrogen-bond acceptors (Lipinski definition) is 3. The van der Waals surface area contributed by atoms with Gasteiger partial charge in [-0.15, -0.1) is 0 Å². The number of carboxylic acid groups (broad SMARTS) is 1. The van der Waals surface area contributed by atoms with Crippen LogP contribution in [0.2, 0.25) is 0 Å². The average Bonchev–Trinajstić information content (AvgIpc) is 2.33. The number of hydrogen-bond donors (Lipinski definition) is 1. The minimum absolute atomic E-state index is 0.220. The molecule has 0 aliphatic carbocycles. The Morgan fingerprint density at radius 1 is 1.41 bits per heavy atom. The lowest BCUT2D eigenvalue weighted by molar-refractivity contribution is -0.137. The molecule has 0 spiro atoms. The molecule has 98 valence electrons. The van der Waals surface area contributed by atoms with Crippen molar-refractivity contribution in [2.45, 2.75) is 32.1 Å². The zero-order chi connectivity index (χ0) is 12.7. The third-order valence-electron chi connectivity index (χ3n) is 3.16. The van der Waals surface area contributed by atoms with Gasteiger partial charge in [-0.1, -0.05) is 0 Å². The van der Waals surface area contributed by atoms with E-state index in [0.717, 1.165) is 31.7 Å². The van der Waals surface area contributed by atoms with Crippen molar-refractivity contribution in [3.63, 3.8) is 0 Å². The Kier molecular flexibility index (Phi) is 6.40. The smallest absolute Gasteiger partial charge is 0.303 e. The highest BCUT2D eigenvalue weighted by Crippen LogP contribution is 2.21. The lowest BCUT2D eigenvalue weighted by atomic mass is 9.93. The minimum Gasteiger partial charge on any atom is -0.481 e. The van der Waals surface area contributed by atoms with Gasteiger partial charge in [-0.25, -0.2) is 0 Å². The molecule has 1 saturated heterocycles. The minimum atomic E-state index is -0.740. The van der Waals surface area contributed by atoms with Crippen molar-refractivity contribution in [2.75, 3.05) is 25.1 Å². The molecule has 1 aliphatic rings. The van der Waals surface area contributed by atoms with Crippen LogP contribution >= 0.6 is 11.8 Å². The zero-order valence-electron chi connectivity index (χ0n) is 10.4. The molecule has 1 atom stereocenters. The maximum atomic E-state index is 11.8. The normalized spacial score (nSPS) is 20.3. The van der Waals surface area contributed by atoms with Gasteiger partial charge in [0.05, 0.1) is 0 Å². The van der Waals surface area contributed by atoms with Crippen LogP contribution in [-0.2, 0) is 9.59 Å². The Hall–Kier alpha value is -0.710. The van der Waals surface area contributed by atoms with Crippen LogP contribution in [0.25, 0.3) is 0 Å². The second-order valence-electron chi connectivity index (χ2n) is 4.52. The molecule has 0 aromatic rings. The largest absolute Gasteiger partial charge is 0.481 e. The molecule has 0 radical (unpaired) electrons. The van der Waals surface area contributed by atoms with Crippen molar-refractivity contribution in [2.24, 2.45) is 5.92 Å². The lowest BCUT2D eigenvalue weighted by Crippen LogP contribution is -2.40. The summed E-state index contributed by atoms with van der Waals surface area (Å²) in [4.78, 5) is 24.3. The van der Waals surface area contributed by atoms with Crippen LogP contribution in [0.1, 0.15) is 32.1 Å². The number of piperidine rings is 1. The molecule has 1 amide bonds. The first kappa shape index (κ1) is 14.4. The van der Waals surface area contributed by atoms with E-state index in [0.29, 0.717) is 18.8 Å². The number of carbonyl (C=O) groups is 2. The number of rotatable bonds is 6. The maximum Gasteiger partial charge on any atom is 0.303 e. The number of carbonyl (C=O) groups excluding carboxylic acids is 1. The van der Waals surface area contributed by atoms with Crippen molar-refractivity contribution in [3.05, 3.63) is 0 Å². The van der Waals surface area contributed by atoms with Gasteiger partial charge >= 0.3 is 5.97 Å². The van der Waals surface area contributed by atoms with E-state index in [4.69, 9.17) is 5.11 Å². The predicted molar refractivity (Wildman–Crippen MR) is 69.2 cm³/mol. The molecule has 5 heteroatoms. The van der Waals surface area contributed by atoms with Crippen LogP contribution in [0.5, 0.6) is 0 Å². The third-order valence-corrected chi connectivity index (χ3v) is 3.77. The van der Waals surface area contributed by atoms with E-state index in [1.54, 1.807) is 11.8 Å². The van der Waals surface area contributed by atoms with Crippen LogP contribution in [0.4, 0.5) is 0 Å². The van der Waals surface area contributed by atoms with Gasteiger partial charge < -0.3 is 10.0 Å². The molecule has 0 bridgehead atoms. The van der Waals surface area contributed by atoms with E-state index in [1.807, 2.05) is 11.2 Å². The molecule has 0 saturated carbocycles. The Balaban J connectivity index is 2.32. The summed E-state index contributed by atoms with van der Waals surface area (Å²) in [6.45, 7) is 1.59. The standard InChI is InChI=1S/C12H21NO3S/c1-17-8-6-11(14)13-7-2-3-10(9-13)4-5-12(15)16/h10H,2-9H2,1H3,(H,15,16)/t10-/m0/s1. The number of carboxylic acids is 1. The fourth-order valence-corrected chi connectivity index (χ4v) is 2.58. The molecular formula is C12H21NO3S. The Labute approximate surface area is 107 Å². The second kappa shape index (κ2) is 7.58. The molecule has 17 heavy (non-hydrogen) atoms. The highest BCUT2D eigenvalue weighted by Gasteiger charge is 2.23. The summed E-state index contributed by atoms with van der Waals surface area (Å²) in [6.07, 6.45) is 5.58. The van der Waals surface area contributed by atoms with Crippen molar-refractivity contribution in [1.82, 2.24) is 4.90 Å². The number of amides is 1. The molecule has 1 rings (SSSR count). The van der Waals surface area contributed by atoms with E-state index in [1.165, 1.54) is 0 Å². The van der Waals surface area contributed by atoms with Gasteiger partial charge in [0.2, 0.25) is 5.91 Å². The first-order chi connectivity index (χ1) is 8.13. The van der Waals surface area contributed by atoms with Gasteiger partial charge in [-0.2, -0.15) is 11.8 Å². The second-order valence-corrected chi connectivity index (χ2v) is 5.51. The molecule has 0 aromatic heterocycles. The molecule has 1 aliphatic heterocycles. The first-order valence-electron chi connectivity index (χ1n) is 6.12. The van der Waals surface area contributed by atoms with Crippen LogP contribution in [0.15, 0.2) is 0 Å². The molecule has 1 fully saturated rings. The fourth-order valence-electron chi connectivity index (χ4n) is 2.20. The number of likely N-dealkylation sites (tertiary alicyclic amines) is 1. The Morgan fingerprint density at radius 3 is 2.82 bits per heavy atom. The molecule has 1 heterocycles. The van der Waals surface area contributed by atoms with E-state index < -0.39 is 5.97 Å². The van der Waals surface area contributed by atoms with Crippen LogP contribution in [0, 0.1) is 5.92 Å². The van der Waals surface area contributed by atoms with Gasteiger partial charge in [-0.05, 0) is 31.4 Å². The zero-order valence-corrected chi connectivity index (χ0v) is 11.2. The average molecular weight is 259 g/mol. The van der Waals surface area contributed by atoms with Crippen molar-refractivity contribution >= 4 is 23.6 Å². The topological polar surface area (TPSA) is 57.6 Å². The molecular weight excluding hydrogens is 238 g/mol. The van der Waals surface area contributed by atoms with E-state index in [2.05, 4.69) is 0 Å². The summed E-state index contributed by atoms with van der Waals surface area (Å²) in [7, 11) is 0. The van der Waals surface area contributed by atoms with E-state index in [9.17, 15) is 9.59 Å². The fraction of sp³-hybridized carbons (Fsp3) is 0.833. The van der Waals surface area contributed by atoms with Crippen LogP contribution < -0.4 is 0 Å². The van der Waals surface area contributed by atoms with E-state index in [-0.39, 0.29) is 12.3 Å². The van der Waals surface area contributed by atoms with Crippen molar-refractivity contribution in [3.8, 4) is 0 Å². The highest BCUT2D eigenvalue weighted by atomic mass is 32.2. The summed E-state index contributed by atoms with van der Waals surface area (Å²) in [5, 5.41) is 8.65. The predicted octanol–water partition coefficient (Wildman–Crippen LogP) is 1.84. The summed E-state index contributed by atoms with van der Waals surface area (Å²) in [5.74, 6) is 0.725. The quantitative estimate of drug-likeness (QED) is 0.791. The first-order valence-corrected chi connectivity index (χ1v) is 7.51. The summed E-state index contributed by atoms with van der Waals surface area (Å²) in [6, 6.07) is 0. The number of thioether (sulfide) groups is 1. The SMILES string of the molecule is CSCCC(=O)N1CCC[C@@H](CCC(=O)O)C1. The Morgan fingerprint density at radius 2 is 2.18 bits per heavy atom. The van der Waals surface area contributed by atoms with Gasteiger partial charge in [0.1, 0.15) is 0 Å².